The van der Waals surface area contributed by atoms with E-state index in [2.05, 4.69) is 5.32 Å². The molecule has 0 heterocycles. The molecular formula is C16H12Cl2N2O2S. The summed E-state index contributed by atoms with van der Waals surface area (Å²) in [7, 11) is -3.89. The predicted molar refractivity (Wildman–Crippen MR) is 92.1 cm³/mol. The summed E-state index contributed by atoms with van der Waals surface area (Å²) in [5.41, 5.74) is 1.41. The molecule has 0 radical (unpaired) electrons. The molecule has 2 aromatic carbocycles. The normalized spacial score (nSPS) is 11.8. The topological polar surface area (TPSA) is 70.0 Å². The van der Waals surface area contributed by atoms with Gasteiger partial charge in [0.2, 0.25) is 9.84 Å². The maximum Gasteiger partial charge on any atom is 0.218 e. The van der Waals surface area contributed by atoms with Gasteiger partial charge in [-0.2, -0.15) is 5.26 Å². The van der Waals surface area contributed by atoms with E-state index < -0.39 is 14.7 Å². The third kappa shape index (κ3) is 4.26. The van der Waals surface area contributed by atoms with Crippen LogP contribution < -0.4 is 5.32 Å². The van der Waals surface area contributed by atoms with E-state index >= 15 is 0 Å². The molecule has 0 aliphatic rings. The Labute approximate surface area is 144 Å². The molecule has 118 valence electrons. The Hall–Kier alpha value is -2.00. The molecule has 0 aliphatic heterocycles. The van der Waals surface area contributed by atoms with Gasteiger partial charge in [0.25, 0.3) is 0 Å². The summed E-state index contributed by atoms with van der Waals surface area (Å²) in [6.07, 6.45) is 1.12. The molecule has 1 N–H and O–H groups in total. The molecule has 2 rings (SSSR count). The number of benzene rings is 2. The van der Waals surface area contributed by atoms with Gasteiger partial charge >= 0.3 is 0 Å². The summed E-state index contributed by atoms with van der Waals surface area (Å²) in [5.74, 6) is 0. The third-order valence-electron chi connectivity index (χ3n) is 2.96. The van der Waals surface area contributed by atoms with Crippen molar-refractivity contribution in [2.75, 3.05) is 5.32 Å². The highest BCUT2D eigenvalue weighted by molar-refractivity contribution is 7.95. The molecule has 7 heteroatoms. The fourth-order valence-corrected chi connectivity index (χ4v) is 3.41. The Morgan fingerprint density at radius 2 is 1.70 bits per heavy atom. The summed E-state index contributed by atoms with van der Waals surface area (Å²) in [4.78, 5) is -0.348. The van der Waals surface area contributed by atoms with Crippen LogP contribution in [0.5, 0.6) is 0 Å². The van der Waals surface area contributed by atoms with Crippen LogP contribution in [0.15, 0.2) is 58.5 Å². The second kappa shape index (κ2) is 7.05. The minimum absolute atomic E-state index is 0.0572. The first kappa shape index (κ1) is 17.4. The highest BCUT2D eigenvalue weighted by atomic mass is 35.5. The van der Waals surface area contributed by atoms with Gasteiger partial charge in [-0.05, 0) is 37.3 Å². The fourth-order valence-electron chi connectivity index (χ4n) is 1.80. The highest BCUT2D eigenvalue weighted by Crippen LogP contribution is 2.24. The molecule has 0 amide bonds. The molecular weight excluding hydrogens is 355 g/mol. The lowest BCUT2D eigenvalue weighted by atomic mass is 10.2. The van der Waals surface area contributed by atoms with Crippen molar-refractivity contribution in [2.24, 2.45) is 0 Å². The van der Waals surface area contributed by atoms with Crippen LogP contribution in [0, 0.1) is 18.3 Å². The minimum atomic E-state index is -3.89. The Morgan fingerprint density at radius 3 is 2.22 bits per heavy atom. The number of halogens is 2. The number of nitrogens with one attached hydrogen (secondary N) is 1. The molecule has 23 heavy (non-hydrogen) atoms. The van der Waals surface area contributed by atoms with Crippen LogP contribution in [0.4, 0.5) is 5.69 Å². The molecule has 0 saturated carbocycles. The second-order valence-electron chi connectivity index (χ2n) is 4.74. The van der Waals surface area contributed by atoms with E-state index in [1.165, 1.54) is 12.1 Å². The zero-order valence-electron chi connectivity index (χ0n) is 12.0. The maximum absolute atomic E-state index is 12.4. The number of anilines is 1. The molecule has 2 aromatic rings. The van der Waals surface area contributed by atoms with Gasteiger partial charge in [-0.3, -0.25) is 0 Å². The Balaban J connectivity index is 2.35. The molecule has 0 unspecified atom stereocenters. The van der Waals surface area contributed by atoms with Crippen molar-refractivity contribution in [2.45, 2.75) is 11.8 Å². The van der Waals surface area contributed by atoms with E-state index in [0.29, 0.717) is 15.7 Å². The van der Waals surface area contributed by atoms with E-state index in [0.717, 1.165) is 11.8 Å². The predicted octanol–water partition coefficient (Wildman–Crippen LogP) is 4.55. The third-order valence-corrected chi connectivity index (χ3v) is 5.08. The van der Waals surface area contributed by atoms with Gasteiger partial charge in [0.15, 0.2) is 4.91 Å². The molecule has 0 fully saturated rings. The Bertz CT molecular complexity index is 878. The van der Waals surface area contributed by atoms with E-state index in [1.54, 1.807) is 36.4 Å². The number of nitriles is 1. The van der Waals surface area contributed by atoms with Crippen LogP contribution in [-0.2, 0) is 9.84 Å². The molecule has 0 aromatic heterocycles. The zero-order valence-corrected chi connectivity index (χ0v) is 14.4. The SMILES string of the molecule is Cc1ccc(S(=O)(=O)C(C#N)=CNc2cc(Cl)cc(Cl)c2)cc1. The van der Waals surface area contributed by atoms with E-state index in [4.69, 9.17) is 23.2 Å². The lowest BCUT2D eigenvalue weighted by molar-refractivity contribution is 0.603. The minimum Gasteiger partial charge on any atom is -0.360 e. The average molecular weight is 367 g/mol. The van der Waals surface area contributed by atoms with Crippen LogP contribution >= 0.6 is 23.2 Å². The number of nitrogens with zero attached hydrogens (tertiary/aromatic N) is 1. The first-order chi connectivity index (χ1) is 10.8. The number of rotatable bonds is 4. The van der Waals surface area contributed by atoms with Crippen molar-refractivity contribution < 1.29 is 8.42 Å². The number of hydrogen-bond donors (Lipinski definition) is 1. The lowest BCUT2D eigenvalue weighted by Crippen LogP contribution is -2.05. The molecule has 0 spiro atoms. The van der Waals surface area contributed by atoms with Crippen molar-refractivity contribution >= 4 is 38.7 Å². The standard InChI is InChI=1S/C16H12Cl2N2O2S/c1-11-2-4-15(5-3-11)23(21,22)16(9-19)10-20-14-7-12(17)6-13(18)8-14/h2-8,10,20H,1H3. The van der Waals surface area contributed by atoms with Crippen LogP contribution in [0.25, 0.3) is 0 Å². The van der Waals surface area contributed by atoms with Gasteiger partial charge in [0.1, 0.15) is 6.07 Å². The monoisotopic (exact) mass is 366 g/mol. The van der Waals surface area contributed by atoms with Gasteiger partial charge in [-0.25, -0.2) is 8.42 Å². The van der Waals surface area contributed by atoms with E-state index in [-0.39, 0.29) is 4.90 Å². The number of aryl methyl sites for hydroxylation is 1. The quantitative estimate of drug-likeness (QED) is 0.805. The first-order valence-electron chi connectivity index (χ1n) is 6.47. The van der Waals surface area contributed by atoms with Gasteiger partial charge in [-0.1, -0.05) is 40.9 Å². The van der Waals surface area contributed by atoms with Crippen LogP contribution in [0.3, 0.4) is 0 Å². The van der Waals surface area contributed by atoms with E-state index in [9.17, 15) is 13.7 Å². The fraction of sp³-hybridized carbons (Fsp3) is 0.0625. The largest absolute Gasteiger partial charge is 0.360 e. The molecule has 4 nitrogen and oxygen atoms in total. The summed E-state index contributed by atoms with van der Waals surface area (Å²) < 4.78 is 24.9. The van der Waals surface area contributed by atoms with Crippen molar-refractivity contribution in [1.29, 1.82) is 5.26 Å². The average Bonchev–Trinajstić information content (AvgIpc) is 2.47. The number of sulfone groups is 1. The first-order valence-corrected chi connectivity index (χ1v) is 8.71. The van der Waals surface area contributed by atoms with Gasteiger partial charge in [0, 0.05) is 21.9 Å². The summed E-state index contributed by atoms with van der Waals surface area (Å²) >= 11 is 11.7. The zero-order chi connectivity index (χ0) is 17.0. The maximum atomic E-state index is 12.4. The molecule has 0 saturated heterocycles. The molecule has 0 aliphatic carbocycles. The lowest BCUT2D eigenvalue weighted by Gasteiger charge is -2.06. The summed E-state index contributed by atoms with van der Waals surface area (Å²) in [6, 6.07) is 12.7. The summed E-state index contributed by atoms with van der Waals surface area (Å²) in [6.45, 7) is 1.85. The Kier molecular flexibility index (Phi) is 5.32. The van der Waals surface area contributed by atoms with Gasteiger partial charge < -0.3 is 5.32 Å². The van der Waals surface area contributed by atoms with Crippen molar-refractivity contribution in [3.05, 3.63) is 69.2 Å². The number of allylic oxidation sites excluding steroid dienone is 1. The van der Waals surface area contributed by atoms with Crippen LogP contribution in [0.2, 0.25) is 10.0 Å². The smallest absolute Gasteiger partial charge is 0.218 e. The number of hydrogen-bond acceptors (Lipinski definition) is 4. The van der Waals surface area contributed by atoms with Crippen molar-refractivity contribution in [3.8, 4) is 6.07 Å². The molecule has 0 atom stereocenters. The van der Waals surface area contributed by atoms with Gasteiger partial charge in [-0.15, -0.1) is 0 Å². The second-order valence-corrected chi connectivity index (χ2v) is 7.53. The van der Waals surface area contributed by atoms with E-state index in [1.807, 2.05) is 6.92 Å². The van der Waals surface area contributed by atoms with Crippen LogP contribution in [-0.4, -0.2) is 8.42 Å². The van der Waals surface area contributed by atoms with Gasteiger partial charge in [0.05, 0.1) is 4.90 Å². The highest BCUT2D eigenvalue weighted by Gasteiger charge is 2.20. The van der Waals surface area contributed by atoms with Crippen molar-refractivity contribution in [1.82, 2.24) is 0 Å². The van der Waals surface area contributed by atoms with Crippen LogP contribution in [0.1, 0.15) is 5.56 Å². The molecule has 0 bridgehead atoms. The Morgan fingerprint density at radius 1 is 1.13 bits per heavy atom. The summed E-state index contributed by atoms with van der Waals surface area (Å²) in [5, 5.41) is 12.7. The van der Waals surface area contributed by atoms with Crippen molar-refractivity contribution in [3.63, 3.8) is 0 Å².